The molecule has 0 fully saturated rings. The van der Waals surface area contributed by atoms with Gasteiger partial charge in [0.25, 0.3) is 0 Å². The van der Waals surface area contributed by atoms with E-state index in [0.29, 0.717) is 12.4 Å². The van der Waals surface area contributed by atoms with Gasteiger partial charge in [-0.15, -0.1) is 11.3 Å². The van der Waals surface area contributed by atoms with Crippen LogP contribution in [0.5, 0.6) is 11.5 Å². The summed E-state index contributed by atoms with van der Waals surface area (Å²) < 4.78 is 7.37. The van der Waals surface area contributed by atoms with Crippen LogP contribution in [0.1, 0.15) is 6.92 Å². The molecule has 0 saturated carbocycles. The molecule has 0 bridgehead atoms. The van der Waals surface area contributed by atoms with Crippen molar-refractivity contribution >= 4 is 37.4 Å². The van der Waals surface area contributed by atoms with Crippen molar-refractivity contribution in [1.29, 1.82) is 0 Å². The van der Waals surface area contributed by atoms with Crippen LogP contribution in [0.2, 0.25) is 0 Å². The third-order valence-electron chi connectivity index (χ3n) is 1.87. The van der Waals surface area contributed by atoms with Crippen molar-refractivity contribution in [2.24, 2.45) is 0 Å². The Morgan fingerprint density at radius 3 is 2.93 bits per heavy atom. The van der Waals surface area contributed by atoms with Gasteiger partial charge in [-0.05, 0) is 35.0 Å². The zero-order chi connectivity index (χ0) is 10.1. The van der Waals surface area contributed by atoms with Gasteiger partial charge >= 0.3 is 0 Å². The number of halogens is 1. The van der Waals surface area contributed by atoms with Crippen LogP contribution in [-0.4, -0.2) is 11.7 Å². The van der Waals surface area contributed by atoms with Crippen molar-refractivity contribution in [2.75, 3.05) is 6.61 Å². The van der Waals surface area contributed by atoms with Gasteiger partial charge in [-0.25, -0.2) is 0 Å². The number of benzene rings is 1. The van der Waals surface area contributed by atoms with E-state index in [9.17, 15) is 5.11 Å². The van der Waals surface area contributed by atoms with Crippen LogP contribution >= 0.6 is 27.3 Å². The lowest BCUT2D eigenvalue weighted by Gasteiger charge is -2.03. The molecule has 0 aliphatic carbocycles. The summed E-state index contributed by atoms with van der Waals surface area (Å²) in [6.07, 6.45) is 0. The molecule has 0 spiro atoms. The predicted molar refractivity (Wildman–Crippen MR) is 62.4 cm³/mol. The largest absolute Gasteiger partial charge is 0.507 e. The third kappa shape index (κ3) is 1.72. The minimum atomic E-state index is 0.271. The van der Waals surface area contributed by atoms with E-state index < -0.39 is 0 Å². The zero-order valence-corrected chi connectivity index (χ0v) is 9.98. The normalized spacial score (nSPS) is 10.7. The molecule has 74 valence electrons. The van der Waals surface area contributed by atoms with Crippen LogP contribution in [0.15, 0.2) is 22.0 Å². The molecule has 0 aliphatic rings. The second-order valence-corrected chi connectivity index (χ2v) is 5.30. The molecule has 1 aromatic carbocycles. The number of phenolic OH excluding ortho intramolecular Hbond substituents is 1. The van der Waals surface area contributed by atoms with E-state index in [1.165, 1.54) is 0 Å². The summed E-state index contributed by atoms with van der Waals surface area (Å²) in [5, 5.41) is 10.6. The van der Waals surface area contributed by atoms with Gasteiger partial charge in [-0.2, -0.15) is 0 Å². The molecule has 0 aliphatic heterocycles. The number of ether oxygens (including phenoxy) is 1. The maximum Gasteiger partial charge on any atom is 0.127 e. The Labute approximate surface area is 94.3 Å². The van der Waals surface area contributed by atoms with E-state index in [2.05, 4.69) is 15.9 Å². The summed E-state index contributed by atoms with van der Waals surface area (Å²) in [6, 6.07) is 5.49. The molecule has 0 atom stereocenters. The van der Waals surface area contributed by atoms with E-state index in [1.807, 2.05) is 19.1 Å². The Morgan fingerprint density at radius 1 is 1.43 bits per heavy atom. The number of thiophene rings is 1. The first kappa shape index (κ1) is 9.80. The number of aromatic hydroxyl groups is 1. The maximum absolute atomic E-state index is 9.70. The Morgan fingerprint density at radius 2 is 2.21 bits per heavy atom. The lowest BCUT2D eigenvalue weighted by Crippen LogP contribution is -1.90. The van der Waals surface area contributed by atoms with Crippen molar-refractivity contribution in [2.45, 2.75) is 6.92 Å². The van der Waals surface area contributed by atoms with Gasteiger partial charge in [0.2, 0.25) is 0 Å². The minimum absolute atomic E-state index is 0.271. The van der Waals surface area contributed by atoms with Crippen molar-refractivity contribution in [1.82, 2.24) is 0 Å². The van der Waals surface area contributed by atoms with Crippen LogP contribution < -0.4 is 4.74 Å². The summed E-state index contributed by atoms with van der Waals surface area (Å²) in [6.45, 7) is 2.53. The number of rotatable bonds is 2. The van der Waals surface area contributed by atoms with E-state index in [-0.39, 0.29) is 5.75 Å². The van der Waals surface area contributed by atoms with Crippen LogP contribution in [0, 0.1) is 0 Å². The third-order valence-corrected chi connectivity index (χ3v) is 3.46. The highest BCUT2D eigenvalue weighted by Gasteiger charge is 2.06. The monoisotopic (exact) mass is 272 g/mol. The summed E-state index contributed by atoms with van der Waals surface area (Å²) >= 11 is 4.97. The first-order chi connectivity index (χ1) is 6.70. The van der Waals surface area contributed by atoms with Crippen molar-refractivity contribution in [3.05, 3.63) is 22.0 Å². The number of fused-ring (bicyclic) bond motifs is 1. The quantitative estimate of drug-likeness (QED) is 0.902. The molecule has 4 heteroatoms. The molecule has 1 aromatic heterocycles. The lowest BCUT2D eigenvalue weighted by molar-refractivity contribution is 0.338. The number of hydrogen-bond acceptors (Lipinski definition) is 3. The number of phenols is 1. The topological polar surface area (TPSA) is 29.5 Å². The van der Waals surface area contributed by atoms with Crippen LogP contribution in [0.4, 0.5) is 0 Å². The Kier molecular flexibility index (Phi) is 2.65. The number of hydrogen-bond donors (Lipinski definition) is 1. The Balaban J connectivity index is 2.59. The molecule has 0 radical (unpaired) electrons. The summed E-state index contributed by atoms with van der Waals surface area (Å²) in [7, 11) is 0. The molecule has 0 saturated heterocycles. The Bertz CT molecular complexity index is 464. The van der Waals surface area contributed by atoms with Gasteiger partial charge < -0.3 is 9.84 Å². The summed E-state index contributed by atoms with van der Waals surface area (Å²) in [5.74, 6) is 0.986. The fourth-order valence-corrected chi connectivity index (χ4v) is 2.90. The average Bonchev–Trinajstić information content (AvgIpc) is 2.47. The fourth-order valence-electron chi connectivity index (χ4n) is 1.31. The average molecular weight is 273 g/mol. The summed E-state index contributed by atoms with van der Waals surface area (Å²) in [4.78, 5) is 0. The van der Waals surface area contributed by atoms with E-state index in [0.717, 1.165) is 13.9 Å². The van der Waals surface area contributed by atoms with Crippen molar-refractivity contribution in [3.63, 3.8) is 0 Å². The van der Waals surface area contributed by atoms with Crippen LogP contribution in [-0.2, 0) is 0 Å². The van der Waals surface area contributed by atoms with Gasteiger partial charge in [0.15, 0.2) is 0 Å². The van der Waals surface area contributed by atoms with Gasteiger partial charge in [0.1, 0.15) is 11.5 Å². The van der Waals surface area contributed by atoms with Crippen LogP contribution in [0.25, 0.3) is 10.1 Å². The minimum Gasteiger partial charge on any atom is -0.507 e. The molecule has 2 nitrogen and oxygen atoms in total. The fraction of sp³-hybridized carbons (Fsp3) is 0.200. The smallest absolute Gasteiger partial charge is 0.127 e. The highest BCUT2D eigenvalue weighted by molar-refractivity contribution is 9.11. The molecule has 0 amide bonds. The first-order valence-electron chi connectivity index (χ1n) is 4.25. The molecule has 1 heterocycles. The SMILES string of the molecule is CCOc1cc(O)c2cc(Br)sc2c1. The molecular formula is C10H9BrO2S. The molecule has 1 N–H and O–H groups in total. The molecule has 14 heavy (non-hydrogen) atoms. The zero-order valence-electron chi connectivity index (χ0n) is 7.58. The van der Waals surface area contributed by atoms with Gasteiger partial charge in [-0.3, -0.25) is 0 Å². The molecule has 2 aromatic rings. The van der Waals surface area contributed by atoms with E-state index >= 15 is 0 Å². The highest BCUT2D eigenvalue weighted by atomic mass is 79.9. The van der Waals surface area contributed by atoms with Crippen molar-refractivity contribution in [3.8, 4) is 11.5 Å². The van der Waals surface area contributed by atoms with Crippen LogP contribution in [0.3, 0.4) is 0 Å². The predicted octanol–water partition coefficient (Wildman–Crippen LogP) is 3.77. The standard InChI is InChI=1S/C10H9BrO2S/c1-2-13-6-3-8(12)7-5-10(11)14-9(7)4-6/h3-5,12H,2H2,1H3. The van der Waals surface area contributed by atoms with E-state index in [4.69, 9.17) is 4.74 Å². The van der Waals surface area contributed by atoms with Gasteiger partial charge in [0, 0.05) is 16.2 Å². The lowest BCUT2D eigenvalue weighted by atomic mass is 10.2. The molecule has 2 rings (SSSR count). The second kappa shape index (κ2) is 3.79. The van der Waals surface area contributed by atoms with E-state index in [1.54, 1.807) is 17.4 Å². The highest BCUT2D eigenvalue weighted by Crippen LogP contribution is 2.38. The van der Waals surface area contributed by atoms with Gasteiger partial charge in [0.05, 0.1) is 10.4 Å². The first-order valence-corrected chi connectivity index (χ1v) is 5.86. The summed E-state index contributed by atoms with van der Waals surface area (Å²) in [5.41, 5.74) is 0. The van der Waals surface area contributed by atoms with Crippen molar-refractivity contribution < 1.29 is 9.84 Å². The molecule has 0 unspecified atom stereocenters. The maximum atomic E-state index is 9.70. The second-order valence-electron chi connectivity index (χ2n) is 2.84. The van der Waals surface area contributed by atoms with Gasteiger partial charge in [-0.1, -0.05) is 0 Å². The Hall–Kier alpha value is -0.740. The molecular weight excluding hydrogens is 264 g/mol.